The van der Waals surface area contributed by atoms with E-state index in [2.05, 4.69) is 5.32 Å². The van der Waals surface area contributed by atoms with Gasteiger partial charge in [0.05, 0.1) is 16.4 Å². The highest BCUT2D eigenvalue weighted by Gasteiger charge is 2.35. The van der Waals surface area contributed by atoms with Crippen molar-refractivity contribution in [2.24, 2.45) is 0 Å². The quantitative estimate of drug-likeness (QED) is 0.256. The van der Waals surface area contributed by atoms with Crippen LogP contribution in [0, 0.1) is 17.0 Å². The molecule has 9 nitrogen and oxygen atoms in total. The van der Waals surface area contributed by atoms with Gasteiger partial charge in [-0.3, -0.25) is 29.4 Å². The fourth-order valence-electron chi connectivity index (χ4n) is 3.48. The van der Waals surface area contributed by atoms with Crippen LogP contribution in [-0.2, 0) is 16.1 Å². The molecule has 3 amide bonds. The second-order valence-corrected chi connectivity index (χ2v) is 8.93. The molecule has 0 atom stereocenters. The van der Waals surface area contributed by atoms with E-state index in [1.54, 1.807) is 36.4 Å². The van der Waals surface area contributed by atoms with Crippen molar-refractivity contribution in [2.45, 2.75) is 13.5 Å². The van der Waals surface area contributed by atoms with Crippen molar-refractivity contribution in [2.75, 3.05) is 11.9 Å². The van der Waals surface area contributed by atoms with E-state index < -0.39 is 16.1 Å². The fourth-order valence-corrected chi connectivity index (χ4v) is 4.31. The zero-order valence-corrected chi connectivity index (χ0v) is 20.0. The average Bonchev–Trinajstić information content (AvgIpc) is 3.11. The van der Waals surface area contributed by atoms with Crippen molar-refractivity contribution in [1.82, 2.24) is 4.90 Å². The Morgan fingerprint density at radius 1 is 1.08 bits per heavy atom. The third-order valence-corrected chi connectivity index (χ3v) is 6.14. The summed E-state index contributed by atoms with van der Waals surface area (Å²) in [5.41, 5.74) is 2.74. The monoisotopic (exact) mass is 503 g/mol. The summed E-state index contributed by atoms with van der Waals surface area (Å²) < 4.78 is 5.70. The number of hydrogen-bond donors (Lipinski definition) is 1. The minimum absolute atomic E-state index is 0.00270. The Kier molecular flexibility index (Phi) is 7.45. The Bertz CT molecular complexity index is 1370. The molecular formula is C26H21N3O6S. The Morgan fingerprint density at radius 3 is 2.56 bits per heavy atom. The van der Waals surface area contributed by atoms with E-state index in [1.807, 2.05) is 25.1 Å². The lowest BCUT2D eigenvalue weighted by Crippen LogP contribution is -2.27. The molecule has 0 aromatic heterocycles. The summed E-state index contributed by atoms with van der Waals surface area (Å²) in [4.78, 5) is 49.3. The van der Waals surface area contributed by atoms with Crippen LogP contribution in [0.25, 0.3) is 6.08 Å². The van der Waals surface area contributed by atoms with Gasteiger partial charge in [0.2, 0.25) is 0 Å². The number of nitrogens with one attached hydrogen (secondary N) is 1. The maximum Gasteiger partial charge on any atom is 0.293 e. The van der Waals surface area contributed by atoms with Crippen molar-refractivity contribution in [3.8, 4) is 5.75 Å². The third kappa shape index (κ3) is 5.97. The Morgan fingerprint density at radius 2 is 1.83 bits per heavy atom. The minimum Gasteiger partial charge on any atom is -0.483 e. The highest BCUT2D eigenvalue weighted by atomic mass is 32.2. The maximum atomic E-state index is 12.9. The fraction of sp³-hybridized carbons (Fsp3) is 0.115. The number of carbonyl (C=O) groups is 3. The molecule has 0 aliphatic carbocycles. The first-order chi connectivity index (χ1) is 17.3. The molecule has 182 valence electrons. The molecule has 0 unspecified atom stereocenters. The molecule has 0 bridgehead atoms. The van der Waals surface area contributed by atoms with Crippen molar-refractivity contribution < 1.29 is 24.0 Å². The summed E-state index contributed by atoms with van der Waals surface area (Å²) in [6, 6.07) is 20.0. The van der Waals surface area contributed by atoms with Gasteiger partial charge < -0.3 is 10.1 Å². The largest absolute Gasteiger partial charge is 0.483 e. The van der Waals surface area contributed by atoms with Crippen LogP contribution >= 0.6 is 11.8 Å². The zero-order valence-electron chi connectivity index (χ0n) is 19.2. The molecular weight excluding hydrogens is 482 g/mol. The van der Waals surface area contributed by atoms with Gasteiger partial charge in [-0.1, -0.05) is 42.5 Å². The average molecular weight is 504 g/mol. The molecule has 1 aliphatic rings. The van der Waals surface area contributed by atoms with E-state index in [0.717, 1.165) is 22.2 Å². The second kappa shape index (κ2) is 10.9. The van der Waals surface area contributed by atoms with Crippen LogP contribution in [0.2, 0.25) is 0 Å². The summed E-state index contributed by atoms with van der Waals surface area (Å²) in [5.74, 6) is -0.423. The number of nitro groups is 1. The number of imide groups is 1. The summed E-state index contributed by atoms with van der Waals surface area (Å²) in [5, 5.41) is 13.2. The van der Waals surface area contributed by atoms with Crippen molar-refractivity contribution >= 4 is 46.3 Å². The second-order valence-electron chi connectivity index (χ2n) is 7.94. The minimum atomic E-state index is -0.515. The summed E-state index contributed by atoms with van der Waals surface area (Å²) in [7, 11) is 0. The third-order valence-electron chi connectivity index (χ3n) is 5.23. The normalized spacial score (nSPS) is 14.2. The zero-order chi connectivity index (χ0) is 25.7. The van der Waals surface area contributed by atoms with Gasteiger partial charge in [0, 0.05) is 23.4 Å². The topological polar surface area (TPSA) is 119 Å². The molecule has 1 fully saturated rings. The lowest BCUT2D eigenvalue weighted by molar-refractivity contribution is -0.384. The molecule has 4 rings (SSSR count). The SMILES string of the molecule is Cc1cccc(NC(=O)COc2ccccc2/C=C2\SC(=O)N(Cc3ccc([N+](=O)[O-])cc3)C2=O)c1. The molecule has 1 heterocycles. The first kappa shape index (κ1) is 24.7. The molecule has 0 spiro atoms. The summed E-state index contributed by atoms with van der Waals surface area (Å²) in [6.45, 7) is 1.69. The lowest BCUT2D eigenvalue weighted by Gasteiger charge is -2.12. The number of rotatable bonds is 8. The van der Waals surface area contributed by atoms with E-state index >= 15 is 0 Å². The molecule has 0 radical (unpaired) electrons. The number of para-hydroxylation sites is 1. The van der Waals surface area contributed by atoms with Crippen LogP contribution in [-0.4, -0.2) is 33.5 Å². The van der Waals surface area contributed by atoms with E-state index in [9.17, 15) is 24.5 Å². The molecule has 3 aromatic carbocycles. The van der Waals surface area contributed by atoms with Gasteiger partial charge >= 0.3 is 0 Å². The number of anilines is 1. The molecule has 1 saturated heterocycles. The molecule has 36 heavy (non-hydrogen) atoms. The van der Waals surface area contributed by atoms with Crippen molar-refractivity contribution in [1.29, 1.82) is 0 Å². The number of thioether (sulfide) groups is 1. The maximum absolute atomic E-state index is 12.9. The number of nitro benzene ring substituents is 1. The first-order valence-electron chi connectivity index (χ1n) is 10.9. The number of benzene rings is 3. The number of carbonyl (C=O) groups excluding carboxylic acids is 3. The van der Waals surface area contributed by atoms with Gasteiger partial charge in [-0.15, -0.1) is 0 Å². The number of aryl methyl sites for hydroxylation is 1. The summed E-state index contributed by atoms with van der Waals surface area (Å²) in [6.07, 6.45) is 1.55. The number of nitrogens with zero attached hydrogens (tertiary/aromatic N) is 2. The van der Waals surface area contributed by atoms with Crippen LogP contribution in [0.1, 0.15) is 16.7 Å². The molecule has 1 N–H and O–H groups in total. The number of ether oxygens (including phenoxy) is 1. The van der Waals surface area contributed by atoms with Gasteiger partial charge in [-0.05, 0) is 54.1 Å². The van der Waals surface area contributed by atoms with Crippen LogP contribution < -0.4 is 10.1 Å². The molecule has 10 heteroatoms. The van der Waals surface area contributed by atoms with E-state index in [1.165, 1.54) is 24.3 Å². The van der Waals surface area contributed by atoms with Crippen molar-refractivity contribution in [3.63, 3.8) is 0 Å². The predicted molar refractivity (Wildman–Crippen MR) is 136 cm³/mol. The van der Waals surface area contributed by atoms with Gasteiger partial charge in [0.15, 0.2) is 6.61 Å². The van der Waals surface area contributed by atoms with E-state index in [-0.39, 0.29) is 29.7 Å². The van der Waals surface area contributed by atoms with E-state index in [0.29, 0.717) is 22.6 Å². The van der Waals surface area contributed by atoms with Gasteiger partial charge in [0.1, 0.15) is 5.75 Å². The Hall–Kier alpha value is -4.44. The number of hydrogen-bond acceptors (Lipinski definition) is 7. The lowest BCUT2D eigenvalue weighted by atomic mass is 10.1. The smallest absolute Gasteiger partial charge is 0.293 e. The highest BCUT2D eigenvalue weighted by molar-refractivity contribution is 8.18. The molecule has 1 aliphatic heterocycles. The van der Waals surface area contributed by atoms with Crippen LogP contribution in [0.3, 0.4) is 0 Å². The predicted octanol–water partition coefficient (Wildman–Crippen LogP) is 5.16. The molecule has 3 aromatic rings. The standard InChI is InChI=1S/C26H21N3O6S/c1-17-5-4-7-20(13-17)27-24(30)16-35-22-8-3-2-6-19(22)14-23-25(31)28(26(32)36-23)15-18-9-11-21(12-10-18)29(33)34/h2-14H,15-16H2,1H3,(H,27,30)/b23-14-. The Balaban J connectivity index is 1.43. The van der Waals surface area contributed by atoms with Crippen LogP contribution in [0.15, 0.2) is 77.7 Å². The van der Waals surface area contributed by atoms with E-state index in [4.69, 9.17) is 4.74 Å². The first-order valence-corrected chi connectivity index (χ1v) is 11.7. The highest BCUT2D eigenvalue weighted by Crippen LogP contribution is 2.35. The molecule has 0 saturated carbocycles. The van der Waals surface area contributed by atoms with Gasteiger partial charge in [0.25, 0.3) is 22.7 Å². The van der Waals surface area contributed by atoms with Crippen LogP contribution in [0.5, 0.6) is 5.75 Å². The van der Waals surface area contributed by atoms with Crippen molar-refractivity contribution in [3.05, 3.63) is 105 Å². The van der Waals surface area contributed by atoms with Gasteiger partial charge in [-0.2, -0.15) is 0 Å². The van der Waals surface area contributed by atoms with Gasteiger partial charge in [-0.25, -0.2) is 0 Å². The number of amides is 3. The summed E-state index contributed by atoms with van der Waals surface area (Å²) >= 11 is 0.796. The Labute approximate surface area is 210 Å². The number of non-ortho nitro benzene ring substituents is 1. The van der Waals surface area contributed by atoms with Crippen LogP contribution in [0.4, 0.5) is 16.2 Å².